The molecule has 17 nitrogen and oxygen atoms in total. The fourth-order valence-electron chi connectivity index (χ4n) is 5.53. The van der Waals surface area contributed by atoms with E-state index in [0.29, 0.717) is 29.9 Å². The van der Waals surface area contributed by atoms with Gasteiger partial charge in [0, 0.05) is 5.56 Å². The van der Waals surface area contributed by atoms with Gasteiger partial charge in [0.15, 0.2) is 5.76 Å². The molecule has 55 heavy (non-hydrogen) atoms. The molecule has 1 heterocycles. The van der Waals surface area contributed by atoms with Crippen molar-refractivity contribution in [1.82, 2.24) is 21.0 Å². The molecule has 0 saturated heterocycles. The molecule has 17 heteroatoms. The summed E-state index contributed by atoms with van der Waals surface area (Å²) in [6.07, 6.45) is 2.71. The number of nitrogens with one attached hydrogen (secondary N) is 3. The summed E-state index contributed by atoms with van der Waals surface area (Å²) in [5, 5.41) is 27.4. The molecule has 0 aliphatic carbocycles. The molecule has 4 amide bonds. The summed E-state index contributed by atoms with van der Waals surface area (Å²) < 4.78 is 21.2. The van der Waals surface area contributed by atoms with E-state index >= 15 is 0 Å². The van der Waals surface area contributed by atoms with Gasteiger partial charge in [0.2, 0.25) is 19.1 Å². The summed E-state index contributed by atoms with van der Waals surface area (Å²) in [6.45, 7) is 4.48. The molecule has 0 fully saturated rings. The molecule has 5 N–H and O–H groups in total. The number of aliphatic carboxylic acids is 1. The second-order valence-electron chi connectivity index (χ2n) is 12.1. The molecule has 0 aliphatic rings. The molecule has 3 aromatic rings. The van der Waals surface area contributed by atoms with Gasteiger partial charge in [0.1, 0.15) is 17.6 Å². The quantitative estimate of drug-likeness (QED) is 0.0230. The second-order valence-corrected chi connectivity index (χ2v) is 12.1. The van der Waals surface area contributed by atoms with Crippen LogP contribution in [0.5, 0.6) is 5.75 Å². The highest BCUT2D eigenvalue weighted by Crippen LogP contribution is 2.29. The van der Waals surface area contributed by atoms with E-state index < -0.39 is 66.8 Å². The number of carboxylic acid groups (broad SMARTS) is 1. The second kappa shape index (κ2) is 22.1. The van der Waals surface area contributed by atoms with Gasteiger partial charge in [-0.05, 0) is 56.2 Å². The number of nitrogens with zero attached hydrogens (tertiary/aromatic N) is 1. The summed E-state index contributed by atoms with van der Waals surface area (Å²) in [5.41, 5.74) is 0.552. The van der Waals surface area contributed by atoms with Gasteiger partial charge in [0.05, 0.1) is 42.8 Å². The predicted molar refractivity (Wildman–Crippen MR) is 194 cm³/mol. The van der Waals surface area contributed by atoms with E-state index in [-0.39, 0.29) is 48.1 Å². The third kappa shape index (κ3) is 13.0. The van der Waals surface area contributed by atoms with E-state index in [4.69, 9.17) is 18.6 Å². The number of rotatable bonds is 23. The highest BCUT2D eigenvalue weighted by molar-refractivity contribution is 6.00. The van der Waals surface area contributed by atoms with Crippen LogP contribution in [0.25, 0.3) is 11.3 Å². The maximum absolute atomic E-state index is 13.3. The lowest BCUT2D eigenvalue weighted by atomic mass is 9.90. The van der Waals surface area contributed by atoms with Crippen molar-refractivity contribution < 1.29 is 62.5 Å². The van der Waals surface area contributed by atoms with E-state index in [2.05, 4.69) is 16.0 Å². The van der Waals surface area contributed by atoms with Crippen LogP contribution in [-0.4, -0.2) is 89.6 Å². The smallest absolute Gasteiger partial charge is 0.340 e. The van der Waals surface area contributed by atoms with Crippen LogP contribution in [0.1, 0.15) is 90.6 Å². The van der Waals surface area contributed by atoms with Crippen LogP contribution >= 0.6 is 0 Å². The number of ether oxygens (including phenoxy) is 3. The molecule has 0 saturated carbocycles. The molecule has 0 bridgehead atoms. The van der Waals surface area contributed by atoms with Crippen molar-refractivity contribution in [1.29, 1.82) is 0 Å². The topological polar surface area (TPSA) is 240 Å². The van der Waals surface area contributed by atoms with E-state index in [9.17, 15) is 43.9 Å². The Morgan fingerprint density at radius 2 is 1.65 bits per heavy atom. The largest absolute Gasteiger partial charge is 0.493 e. The zero-order valence-corrected chi connectivity index (χ0v) is 30.8. The monoisotopic (exact) mass is 766 g/mol. The van der Waals surface area contributed by atoms with Crippen molar-refractivity contribution in [2.45, 2.75) is 71.4 Å². The van der Waals surface area contributed by atoms with Crippen molar-refractivity contribution in [3.05, 3.63) is 77.6 Å². The minimum absolute atomic E-state index is 0.0525. The van der Waals surface area contributed by atoms with Gasteiger partial charge in [-0.1, -0.05) is 57.4 Å². The highest BCUT2D eigenvalue weighted by atomic mass is 16.7. The number of amides is 4. The van der Waals surface area contributed by atoms with Crippen LogP contribution in [-0.2, 0) is 28.7 Å². The summed E-state index contributed by atoms with van der Waals surface area (Å²) in [5.74, 6) is -5.81. The average molecular weight is 767 g/mol. The average Bonchev–Trinajstić information content (AvgIpc) is 3.68. The van der Waals surface area contributed by atoms with Crippen molar-refractivity contribution in [3.63, 3.8) is 0 Å². The fourth-order valence-corrected chi connectivity index (χ4v) is 5.53. The first-order valence-corrected chi connectivity index (χ1v) is 17.7. The van der Waals surface area contributed by atoms with E-state index in [1.165, 1.54) is 42.5 Å². The van der Waals surface area contributed by atoms with Crippen LogP contribution < -0.4 is 20.7 Å². The Labute approximate surface area is 317 Å². The molecule has 0 radical (unpaired) electrons. The van der Waals surface area contributed by atoms with Crippen molar-refractivity contribution in [2.75, 3.05) is 20.1 Å². The molecule has 1 aromatic heterocycles. The maximum Gasteiger partial charge on any atom is 0.340 e. The summed E-state index contributed by atoms with van der Waals surface area (Å²) >= 11 is 0. The third-order valence-electron chi connectivity index (χ3n) is 8.31. The van der Waals surface area contributed by atoms with Gasteiger partial charge in [-0.2, -0.15) is 0 Å². The zero-order valence-electron chi connectivity index (χ0n) is 30.8. The lowest BCUT2D eigenvalue weighted by Gasteiger charge is -2.29. The number of hydrogen-bond donors (Lipinski definition) is 5. The molecule has 3 unspecified atom stereocenters. The summed E-state index contributed by atoms with van der Waals surface area (Å²) in [7, 11) is 0. The molecule has 3 rings (SSSR count). The minimum atomic E-state index is -1.65. The van der Waals surface area contributed by atoms with E-state index in [1.54, 1.807) is 32.0 Å². The van der Waals surface area contributed by atoms with Crippen molar-refractivity contribution >= 4 is 42.0 Å². The van der Waals surface area contributed by atoms with E-state index in [0.717, 1.165) is 12.8 Å². The normalized spacial score (nSPS) is 12.3. The number of esters is 2. The SMILES string of the molecule is CCCCCC(C(=O)NCNC(=O)c1ccc(-c2ccc(C(=O)NC(CC(=O)O)C(=O)OCOC(=O)c3ccccc3)c(OCC)c2)o1)C(CC)N(O)C=O. The minimum Gasteiger partial charge on any atom is -0.493 e. The summed E-state index contributed by atoms with van der Waals surface area (Å²) in [4.78, 5) is 86.7. The van der Waals surface area contributed by atoms with Gasteiger partial charge in [-0.25, -0.2) is 14.7 Å². The number of carbonyl (C=O) groups is 7. The first kappa shape index (κ1) is 43.2. The molecule has 3 atom stereocenters. The number of benzene rings is 2. The maximum atomic E-state index is 13.3. The Balaban J connectivity index is 1.65. The Kier molecular flexibility index (Phi) is 17.3. The molecule has 0 spiro atoms. The number of furan rings is 1. The molecular formula is C38H46N4O13. The van der Waals surface area contributed by atoms with Gasteiger partial charge >= 0.3 is 17.9 Å². The van der Waals surface area contributed by atoms with Gasteiger partial charge in [-0.15, -0.1) is 0 Å². The summed E-state index contributed by atoms with van der Waals surface area (Å²) in [6, 6.07) is 12.7. The molecule has 0 aliphatic heterocycles. The number of hydroxylamine groups is 2. The van der Waals surface area contributed by atoms with Crippen molar-refractivity contribution in [2.24, 2.45) is 5.92 Å². The number of carboxylic acids is 1. The van der Waals surface area contributed by atoms with Gasteiger partial charge in [-0.3, -0.25) is 29.2 Å². The Morgan fingerprint density at radius 3 is 2.31 bits per heavy atom. The van der Waals surface area contributed by atoms with Crippen LogP contribution in [0.3, 0.4) is 0 Å². The highest BCUT2D eigenvalue weighted by Gasteiger charge is 2.31. The molecule has 2 aromatic carbocycles. The standard InChI is InChI=1S/C38H46N4O13/c1-4-7-9-14-26(29(5-2)42(51)22-43)34(46)39-21-40-36(48)31-18-17-30(55-31)25-15-16-27(32(19-25)52-6-3)35(47)41-28(20-33(44)45)38(50)54-23-53-37(49)24-12-10-8-11-13-24/h8,10-13,15-19,22,26,28-29,51H,4-7,9,14,20-21,23H2,1-3H3,(H,39,46)(H,40,48)(H,41,47)(H,44,45). The van der Waals surface area contributed by atoms with Crippen LogP contribution in [0, 0.1) is 5.92 Å². The zero-order chi connectivity index (χ0) is 40.3. The first-order chi connectivity index (χ1) is 26.4. The molecule has 296 valence electrons. The molecular weight excluding hydrogens is 720 g/mol. The van der Waals surface area contributed by atoms with Crippen LogP contribution in [0.15, 0.2) is 65.1 Å². The van der Waals surface area contributed by atoms with Crippen LogP contribution in [0.4, 0.5) is 0 Å². The van der Waals surface area contributed by atoms with Crippen molar-refractivity contribution in [3.8, 4) is 17.1 Å². The van der Waals surface area contributed by atoms with E-state index in [1.807, 2.05) is 6.92 Å². The third-order valence-corrected chi connectivity index (χ3v) is 8.31. The van der Waals surface area contributed by atoms with Gasteiger partial charge < -0.3 is 39.7 Å². The number of hydrogen-bond acceptors (Lipinski definition) is 12. The number of unbranched alkanes of at least 4 members (excludes halogenated alkanes) is 2. The fraction of sp³-hybridized carbons (Fsp3) is 0.395. The lowest BCUT2D eigenvalue weighted by Crippen LogP contribution is -2.47. The Bertz CT molecular complexity index is 1780. The Morgan fingerprint density at radius 1 is 0.909 bits per heavy atom. The first-order valence-electron chi connectivity index (χ1n) is 17.7. The van der Waals surface area contributed by atoms with Gasteiger partial charge in [0.25, 0.3) is 11.8 Å². The Hall–Kier alpha value is -6.23. The lowest BCUT2D eigenvalue weighted by molar-refractivity contribution is -0.168. The number of carbonyl (C=O) groups excluding carboxylic acids is 6. The van der Waals surface area contributed by atoms with Crippen LogP contribution in [0.2, 0.25) is 0 Å². The predicted octanol–water partition coefficient (Wildman–Crippen LogP) is 3.90.